The molecule has 8 heteroatoms. The number of halogens is 2. The molecule has 0 spiro atoms. The van der Waals surface area contributed by atoms with Crippen LogP contribution in [0.25, 0.3) is 0 Å². The number of carbonyl (C=O) groups is 3. The SMILES string of the molecule is O=C(NCCC(=O)N1CCN(C(=O)c2cc(Cl)ccc2F)CC1)C1CCCCC1. The van der Waals surface area contributed by atoms with Gasteiger partial charge in [-0.3, -0.25) is 14.4 Å². The maximum absolute atomic E-state index is 13.9. The van der Waals surface area contributed by atoms with Gasteiger partial charge in [-0.25, -0.2) is 4.39 Å². The molecule has 1 saturated heterocycles. The number of hydrogen-bond donors (Lipinski definition) is 1. The minimum atomic E-state index is -0.605. The maximum Gasteiger partial charge on any atom is 0.257 e. The van der Waals surface area contributed by atoms with Gasteiger partial charge in [-0.1, -0.05) is 30.9 Å². The van der Waals surface area contributed by atoms with Gasteiger partial charge in [0.05, 0.1) is 5.56 Å². The Balaban J connectivity index is 1.41. The fraction of sp³-hybridized carbons (Fsp3) is 0.571. The van der Waals surface area contributed by atoms with Gasteiger partial charge in [-0.15, -0.1) is 0 Å². The largest absolute Gasteiger partial charge is 0.355 e. The first-order chi connectivity index (χ1) is 14.0. The molecular formula is C21H27ClFN3O3. The van der Waals surface area contributed by atoms with Gasteiger partial charge in [-0.05, 0) is 31.0 Å². The van der Waals surface area contributed by atoms with Crippen LogP contribution in [0.2, 0.25) is 5.02 Å². The average Bonchev–Trinajstić information content (AvgIpc) is 2.75. The van der Waals surface area contributed by atoms with Gasteiger partial charge in [0.25, 0.3) is 5.91 Å². The van der Waals surface area contributed by atoms with Crippen LogP contribution in [0.15, 0.2) is 18.2 Å². The van der Waals surface area contributed by atoms with E-state index in [0.717, 1.165) is 25.7 Å². The number of hydrogen-bond acceptors (Lipinski definition) is 3. The van der Waals surface area contributed by atoms with E-state index in [9.17, 15) is 18.8 Å². The van der Waals surface area contributed by atoms with E-state index in [-0.39, 0.29) is 29.7 Å². The van der Waals surface area contributed by atoms with Crippen LogP contribution >= 0.6 is 11.6 Å². The summed E-state index contributed by atoms with van der Waals surface area (Å²) in [6.45, 7) is 1.80. The molecule has 0 bridgehead atoms. The summed E-state index contributed by atoms with van der Waals surface area (Å²) < 4.78 is 13.9. The summed E-state index contributed by atoms with van der Waals surface area (Å²) in [7, 11) is 0. The molecule has 29 heavy (non-hydrogen) atoms. The quantitative estimate of drug-likeness (QED) is 0.791. The van der Waals surface area contributed by atoms with Crippen molar-refractivity contribution < 1.29 is 18.8 Å². The molecule has 0 atom stereocenters. The number of piperazine rings is 1. The van der Waals surface area contributed by atoms with Crippen molar-refractivity contribution in [2.24, 2.45) is 5.92 Å². The van der Waals surface area contributed by atoms with Crippen LogP contribution in [-0.2, 0) is 9.59 Å². The van der Waals surface area contributed by atoms with E-state index in [1.54, 1.807) is 4.90 Å². The van der Waals surface area contributed by atoms with Crippen LogP contribution < -0.4 is 5.32 Å². The van der Waals surface area contributed by atoms with Gasteiger partial charge in [0.15, 0.2) is 0 Å². The molecule has 0 unspecified atom stereocenters. The molecule has 1 saturated carbocycles. The Morgan fingerprint density at radius 2 is 1.69 bits per heavy atom. The zero-order valence-electron chi connectivity index (χ0n) is 16.5. The molecule has 0 radical (unpaired) electrons. The fourth-order valence-corrected chi connectivity index (χ4v) is 4.12. The summed E-state index contributed by atoms with van der Waals surface area (Å²) in [5.41, 5.74) is -0.0531. The maximum atomic E-state index is 13.9. The van der Waals surface area contributed by atoms with Crippen LogP contribution in [0.4, 0.5) is 4.39 Å². The zero-order chi connectivity index (χ0) is 20.8. The molecule has 3 amide bonds. The molecule has 6 nitrogen and oxygen atoms in total. The summed E-state index contributed by atoms with van der Waals surface area (Å²) >= 11 is 5.86. The molecule has 2 fully saturated rings. The minimum Gasteiger partial charge on any atom is -0.355 e. The Kier molecular flexibility index (Phi) is 7.47. The molecule has 0 aromatic heterocycles. The van der Waals surface area contributed by atoms with Crippen LogP contribution in [0.1, 0.15) is 48.9 Å². The van der Waals surface area contributed by atoms with E-state index >= 15 is 0 Å². The van der Waals surface area contributed by atoms with Crippen LogP contribution in [0.3, 0.4) is 0 Å². The van der Waals surface area contributed by atoms with Crippen molar-refractivity contribution in [2.75, 3.05) is 32.7 Å². The molecule has 1 aliphatic carbocycles. The monoisotopic (exact) mass is 423 g/mol. The molecule has 3 rings (SSSR count). The summed E-state index contributed by atoms with van der Waals surface area (Å²) in [6, 6.07) is 3.90. The van der Waals surface area contributed by atoms with E-state index < -0.39 is 11.7 Å². The third-order valence-electron chi connectivity index (χ3n) is 5.69. The molecule has 1 N–H and O–H groups in total. The highest BCUT2D eigenvalue weighted by atomic mass is 35.5. The lowest BCUT2D eigenvalue weighted by molar-refractivity contribution is -0.132. The lowest BCUT2D eigenvalue weighted by Crippen LogP contribution is -2.51. The van der Waals surface area contributed by atoms with Gasteiger partial charge < -0.3 is 15.1 Å². The van der Waals surface area contributed by atoms with E-state index in [1.807, 2.05) is 0 Å². The predicted octanol–water partition coefficient (Wildman–Crippen LogP) is 2.85. The summed E-state index contributed by atoms with van der Waals surface area (Å²) in [6.07, 6.45) is 5.50. The van der Waals surface area contributed by atoms with Crippen molar-refractivity contribution in [3.8, 4) is 0 Å². The van der Waals surface area contributed by atoms with Crippen LogP contribution in [0, 0.1) is 11.7 Å². The number of carbonyl (C=O) groups excluding carboxylic acids is 3. The third-order valence-corrected chi connectivity index (χ3v) is 5.93. The number of nitrogens with zero attached hydrogens (tertiary/aromatic N) is 2. The smallest absolute Gasteiger partial charge is 0.257 e. The second-order valence-electron chi connectivity index (χ2n) is 7.67. The average molecular weight is 424 g/mol. The van der Waals surface area contributed by atoms with E-state index in [1.165, 1.54) is 29.5 Å². The molecule has 1 heterocycles. The Hall–Kier alpha value is -2.15. The van der Waals surface area contributed by atoms with Crippen LogP contribution in [-0.4, -0.2) is 60.2 Å². The number of rotatable bonds is 5. The molecular weight excluding hydrogens is 397 g/mol. The van der Waals surface area contributed by atoms with Crippen molar-refractivity contribution in [1.29, 1.82) is 0 Å². The van der Waals surface area contributed by atoms with Gasteiger partial charge >= 0.3 is 0 Å². The van der Waals surface area contributed by atoms with Crippen molar-refractivity contribution in [2.45, 2.75) is 38.5 Å². The van der Waals surface area contributed by atoms with E-state index in [2.05, 4.69) is 5.32 Å². The van der Waals surface area contributed by atoms with Crippen molar-refractivity contribution in [1.82, 2.24) is 15.1 Å². The molecule has 158 valence electrons. The number of benzene rings is 1. The van der Waals surface area contributed by atoms with Gasteiger partial charge in [-0.2, -0.15) is 0 Å². The minimum absolute atomic E-state index is 0.0463. The number of nitrogens with one attached hydrogen (secondary N) is 1. The lowest BCUT2D eigenvalue weighted by atomic mass is 9.89. The van der Waals surface area contributed by atoms with Gasteiger partial charge in [0.2, 0.25) is 11.8 Å². The molecule has 1 aromatic rings. The zero-order valence-corrected chi connectivity index (χ0v) is 17.2. The van der Waals surface area contributed by atoms with Crippen molar-refractivity contribution in [3.05, 3.63) is 34.6 Å². The molecule has 1 aromatic carbocycles. The molecule has 1 aliphatic heterocycles. The van der Waals surface area contributed by atoms with E-state index in [0.29, 0.717) is 37.7 Å². The highest BCUT2D eigenvalue weighted by Crippen LogP contribution is 2.23. The fourth-order valence-electron chi connectivity index (χ4n) is 3.95. The Morgan fingerprint density at radius 1 is 1.03 bits per heavy atom. The summed E-state index contributed by atoms with van der Waals surface area (Å²) in [5, 5.41) is 3.18. The van der Waals surface area contributed by atoms with Crippen molar-refractivity contribution in [3.63, 3.8) is 0 Å². The van der Waals surface area contributed by atoms with Crippen LogP contribution in [0.5, 0.6) is 0 Å². The Morgan fingerprint density at radius 3 is 2.38 bits per heavy atom. The predicted molar refractivity (Wildman–Crippen MR) is 108 cm³/mol. The number of amides is 3. The second-order valence-corrected chi connectivity index (χ2v) is 8.11. The van der Waals surface area contributed by atoms with Crippen molar-refractivity contribution >= 4 is 29.3 Å². The topological polar surface area (TPSA) is 69.7 Å². The second kappa shape index (κ2) is 10.1. The first kappa shape index (κ1) is 21.6. The lowest BCUT2D eigenvalue weighted by Gasteiger charge is -2.35. The normalized spacial score (nSPS) is 17.9. The molecule has 2 aliphatic rings. The highest BCUT2D eigenvalue weighted by molar-refractivity contribution is 6.31. The standard InChI is InChI=1S/C21H27ClFN3O3/c22-16-6-7-18(23)17(14-16)21(29)26-12-10-25(11-13-26)19(27)8-9-24-20(28)15-4-2-1-3-5-15/h6-7,14-15H,1-5,8-13H2,(H,24,28). The van der Waals surface area contributed by atoms with Gasteiger partial charge in [0, 0.05) is 50.1 Å². The first-order valence-electron chi connectivity index (χ1n) is 10.3. The Bertz CT molecular complexity index is 760. The van der Waals surface area contributed by atoms with Gasteiger partial charge in [0.1, 0.15) is 5.82 Å². The summed E-state index contributed by atoms with van der Waals surface area (Å²) in [4.78, 5) is 40.3. The van der Waals surface area contributed by atoms with E-state index in [4.69, 9.17) is 11.6 Å². The summed E-state index contributed by atoms with van der Waals surface area (Å²) in [5.74, 6) is -0.935. The third kappa shape index (κ3) is 5.69. The Labute approximate surface area is 175 Å². The first-order valence-corrected chi connectivity index (χ1v) is 10.6. The highest BCUT2D eigenvalue weighted by Gasteiger charge is 2.27.